The molecule has 148 valence electrons. The number of amides is 1. The molecule has 1 saturated carbocycles. The first-order chi connectivity index (χ1) is 14.1. The smallest absolute Gasteiger partial charge is 0.258 e. The number of nitrogens with zero attached hydrogens (tertiary/aromatic N) is 3. The number of benzene rings is 2. The molecule has 3 aromatic rings. The van der Waals surface area contributed by atoms with Crippen LogP contribution < -0.4 is 9.64 Å². The molecule has 0 bridgehead atoms. The number of hydrogen-bond acceptors (Lipinski definition) is 3. The standard InChI is InChI=1S/C23H22FN3O2/c1-25-20-7-5-15(24)13-18(20)23(28)27-10-9-26-19-8-6-17(29-16-3-2-4-16)11-14(19)12-21(26)22(25)27/h5-8,11-13,16,22H,2-4,9-10H2,1H3. The molecule has 1 aliphatic carbocycles. The summed E-state index contributed by atoms with van der Waals surface area (Å²) >= 11 is 0. The van der Waals surface area contributed by atoms with E-state index in [4.69, 9.17) is 4.74 Å². The SMILES string of the molecule is CN1c2ccc(F)cc2C(=O)N2CCn3c(cc4cc(OC5CCC5)ccc43)C21. The highest BCUT2D eigenvalue weighted by Crippen LogP contribution is 2.42. The van der Waals surface area contributed by atoms with Gasteiger partial charge in [0.2, 0.25) is 0 Å². The Morgan fingerprint density at radius 1 is 1.07 bits per heavy atom. The van der Waals surface area contributed by atoms with Crippen LogP contribution in [0.5, 0.6) is 5.75 Å². The highest BCUT2D eigenvalue weighted by molar-refractivity contribution is 6.02. The molecule has 3 aliphatic rings. The molecule has 1 amide bonds. The molecule has 0 N–H and O–H groups in total. The number of ether oxygens (including phenoxy) is 1. The Balaban J connectivity index is 1.44. The van der Waals surface area contributed by atoms with Crippen LogP contribution in [0.25, 0.3) is 10.9 Å². The lowest BCUT2D eigenvalue weighted by Gasteiger charge is -2.46. The summed E-state index contributed by atoms with van der Waals surface area (Å²) in [5.74, 6) is 0.429. The van der Waals surface area contributed by atoms with Crippen molar-refractivity contribution in [3.63, 3.8) is 0 Å². The predicted molar refractivity (Wildman–Crippen MR) is 109 cm³/mol. The average molecular weight is 391 g/mol. The van der Waals surface area contributed by atoms with E-state index in [9.17, 15) is 9.18 Å². The van der Waals surface area contributed by atoms with Crippen molar-refractivity contribution in [2.24, 2.45) is 0 Å². The topological polar surface area (TPSA) is 37.7 Å². The van der Waals surface area contributed by atoms with Crippen LogP contribution in [0.1, 0.15) is 41.5 Å². The number of aromatic nitrogens is 1. The highest BCUT2D eigenvalue weighted by atomic mass is 19.1. The Bertz CT molecular complexity index is 1150. The molecule has 29 heavy (non-hydrogen) atoms. The first kappa shape index (κ1) is 16.9. The van der Waals surface area contributed by atoms with Gasteiger partial charge in [0, 0.05) is 31.0 Å². The number of halogens is 1. The highest BCUT2D eigenvalue weighted by Gasteiger charge is 2.41. The summed E-state index contributed by atoms with van der Waals surface area (Å²) in [6.07, 6.45) is 3.66. The first-order valence-corrected chi connectivity index (χ1v) is 10.2. The van der Waals surface area contributed by atoms with Gasteiger partial charge in [-0.1, -0.05) is 0 Å². The van der Waals surface area contributed by atoms with Gasteiger partial charge in [-0.05, 0) is 61.7 Å². The lowest BCUT2D eigenvalue weighted by Crippen LogP contribution is -2.52. The molecule has 6 heteroatoms. The number of fused-ring (bicyclic) bond motifs is 6. The lowest BCUT2D eigenvalue weighted by atomic mass is 9.96. The maximum Gasteiger partial charge on any atom is 0.258 e. The maximum atomic E-state index is 13.8. The Labute approximate surface area is 168 Å². The summed E-state index contributed by atoms with van der Waals surface area (Å²) in [6.45, 7) is 1.32. The third kappa shape index (κ3) is 2.41. The first-order valence-electron chi connectivity index (χ1n) is 10.2. The van der Waals surface area contributed by atoms with Crippen LogP contribution >= 0.6 is 0 Å². The molecular weight excluding hydrogens is 369 g/mol. The molecule has 1 atom stereocenters. The minimum absolute atomic E-state index is 0.104. The van der Waals surface area contributed by atoms with E-state index in [0.717, 1.165) is 47.4 Å². The fourth-order valence-corrected chi connectivity index (χ4v) is 4.87. The molecule has 1 aromatic heterocycles. The number of carbonyl (C=O) groups excluding carboxylic acids is 1. The van der Waals surface area contributed by atoms with Crippen LogP contribution in [0.15, 0.2) is 42.5 Å². The van der Waals surface area contributed by atoms with Gasteiger partial charge in [-0.15, -0.1) is 0 Å². The van der Waals surface area contributed by atoms with Gasteiger partial charge in [0.1, 0.15) is 17.7 Å². The van der Waals surface area contributed by atoms with Crippen molar-refractivity contribution in [1.29, 1.82) is 0 Å². The van der Waals surface area contributed by atoms with E-state index in [2.05, 4.69) is 27.7 Å². The maximum absolute atomic E-state index is 13.8. The summed E-state index contributed by atoms with van der Waals surface area (Å²) < 4.78 is 22.1. The van der Waals surface area contributed by atoms with Crippen molar-refractivity contribution in [3.8, 4) is 5.75 Å². The second-order valence-corrected chi connectivity index (χ2v) is 8.26. The zero-order chi connectivity index (χ0) is 19.7. The predicted octanol–water partition coefficient (Wildman–Crippen LogP) is 4.32. The zero-order valence-corrected chi connectivity index (χ0v) is 16.3. The van der Waals surface area contributed by atoms with E-state index >= 15 is 0 Å². The Hall–Kier alpha value is -3.02. The van der Waals surface area contributed by atoms with Crippen molar-refractivity contribution < 1.29 is 13.9 Å². The molecule has 3 heterocycles. The van der Waals surface area contributed by atoms with Gasteiger partial charge in [0.05, 0.1) is 23.0 Å². The average Bonchev–Trinajstić information content (AvgIpc) is 3.06. The van der Waals surface area contributed by atoms with Gasteiger partial charge in [-0.25, -0.2) is 4.39 Å². The van der Waals surface area contributed by atoms with Crippen molar-refractivity contribution in [1.82, 2.24) is 9.47 Å². The number of rotatable bonds is 2. The molecule has 0 radical (unpaired) electrons. The Kier molecular flexibility index (Phi) is 3.49. The number of anilines is 1. The summed E-state index contributed by atoms with van der Waals surface area (Å²) in [6, 6.07) is 12.9. The molecule has 0 saturated heterocycles. The van der Waals surface area contributed by atoms with E-state index in [0.29, 0.717) is 18.2 Å². The van der Waals surface area contributed by atoms with Gasteiger partial charge in [0.15, 0.2) is 0 Å². The summed E-state index contributed by atoms with van der Waals surface area (Å²) in [7, 11) is 1.97. The zero-order valence-electron chi connectivity index (χ0n) is 16.3. The van der Waals surface area contributed by atoms with Crippen molar-refractivity contribution in [2.75, 3.05) is 18.5 Å². The van der Waals surface area contributed by atoms with Gasteiger partial charge in [0.25, 0.3) is 5.91 Å². The number of hydrogen-bond donors (Lipinski definition) is 0. The quantitative estimate of drug-likeness (QED) is 0.653. The van der Waals surface area contributed by atoms with E-state index in [1.54, 1.807) is 6.07 Å². The molecule has 6 rings (SSSR count). The Morgan fingerprint density at radius 2 is 1.93 bits per heavy atom. The van der Waals surface area contributed by atoms with Crippen molar-refractivity contribution in [2.45, 2.75) is 38.1 Å². The number of carbonyl (C=O) groups is 1. The molecule has 5 nitrogen and oxygen atoms in total. The second-order valence-electron chi connectivity index (χ2n) is 8.26. The molecule has 1 unspecified atom stereocenters. The van der Waals surface area contributed by atoms with E-state index in [1.807, 2.05) is 18.0 Å². The van der Waals surface area contributed by atoms with Crippen LogP contribution in [-0.2, 0) is 6.54 Å². The largest absolute Gasteiger partial charge is 0.490 e. The summed E-state index contributed by atoms with van der Waals surface area (Å²) in [5, 5.41) is 1.13. The molecule has 2 aromatic carbocycles. The van der Waals surface area contributed by atoms with E-state index in [-0.39, 0.29) is 17.9 Å². The normalized spacial score (nSPS) is 20.9. The Morgan fingerprint density at radius 3 is 2.72 bits per heavy atom. The molecule has 1 fully saturated rings. The second kappa shape index (κ2) is 5.99. The van der Waals surface area contributed by atoms with Crippen LogP contribution in [0, 0.1) is 5.82 Å². The van der Waals surface area contributed by atoms with Crippen LogP contribution in [0.2, 0.25) is 0 Å². The summed E-state index contributed by atoms with van der Waals surface area (Å²) in [5.41, 5.74) is 3.44. The minimum Gasteiger partial charge on any atom is -0.490 e. The van der Waals surface area contributed by atoms with E-state index < -0.39 is 0 Å². The van der Waals surface area contributed by atoms with Gasteiger partial charge in [-0.3, -0.25) is 4.79 Å². The fraction of sp³-hybridized carbons (Fsp3) is 0.348. The molecular formula is C23H22FN3O2. The van der Waals surface area contributed by atoms with Crippen molar-refractivity contribution >= 4 is 22.5 Å². The molecule has 2 aliphatic heterocycles. The van der Waals surface area contributed by atoms with Crippen LogP contribution in [0.3, 0.4) is 0 Å². The third-order valence-electron chi connectivity index (χ3n) is 6.58. The van der Waals surface area contributed by atoms with Crippen molar-refractivity contribution in [3.05, 3.63) is 59.5 Å². The van der Waals surface area contributed by atoms with Gasteiger partial charge < -0.3 is 19.1 Å². The monoisotopic (exact) mass is 391 g/mol. The summed E-state index contributed by atoms with van der Waals surface area (Å²) in [4.78, 5) is 17.0. The van der Waals surface area contributed by atoms with Crippen LogP contribution in [0.4, 0.5) is 10.1 Å². The fourth-order valence-electron chi connectivity index (χ4n) is 4.87. The third-order valence-corrected chi connectivity index (χ3v) is 6.58. The molecule has 0 spiro atoms. The van der Waals surface area contributed by atoms with Crippen LogP contribution in [-0.4, -0.2) is 35.1 Å². The minimum atomic E-state index is -0.380. The lowest BCUT2D eigenvalue weighted by molar-refractivity contribution is 0.0601. The van der Waals surface area contributed by atoms with Gasteiger partial charge in [-0.2, -0.15) is 0 Å². The van der Waals surface area contributed by atoms with E-state index in [1.165, 1.54) is 18.6 Å². The van der Waals surface area contributed by atoms with Gasteiger partial charge >= 0.3 is 0 Å².